The molecule has 0 spiro atoms. The molecule has 3 rings (SSSR count). The summed E-state index contributed by atoms with van der Waals surface area (Å²) in [7, 11) is 0. The topological polar surface area (TPSA) is 52.0 Å². The van der Waals surface area contributed by atoms with Crippen molar-refractivity contribution in [2.45, 2.75) is 19.9 Å². The van der Waals surface area contributed by atoms with Crippen molar-refractivity contribution in [1.29, 1.82) is 0 Å². The predicted octanol–water partition coefficient (Wildman–Crippen LogP) is 3.63. The lowest BCUT2D eigenvalue weighted by molar-refractivity contribution is 0.523. The molecule has 0 bridgehead atoms. The van der Waals surface area contributed by atoms with E-state index in [1.165, 1.54) is 12.1 Å². The first-order chi connectivity index (χ1) is 9.54. The van der Waals surface area contributed by atoms with E-state index in [-0.39, 0.29) is 5.82 Å². The Hall–Kier alpha value is -2.20. The highest BCUT2D eigenvalue weighted by atomic mass is 19.1. The van der Waals surface area contributed by atoms with E-state index in [2.05, 4.69) is 4.98 Å². The maximum atomic E-state index is 13.2. The summed E-state index contributed by atoms with van der Waals surface area (Å²) in [6.45, 7) is 3.86. The van der Waals surface area contributed by atoms with Crippen LogP contribution in [0.1, 0.15) is 28.8 Å². The van der Waals surface area contributed by atoms with Gasteiger partial charge in [-0.05, 0) is 49.7 Å². The summed E-state index contributed by atoms with van der Waals surface area (Å²) in [5.41, 5.74) is 9.62. The monoisotopic (exact) mass is 270 g/mol. The van der Waals surface area contributed by atoms with Crippen LogP contribution < -0.4 is 5.73 Å². The summed E-state index contributed by atoms with van der Waals surface area (Å²) < 4.78 is 18.9. The van der Waals surface area contributed by atoms with Gasteiger partial charge in [0.1, 0.15) is 17.2 Å². The zero-order valence-electron chi connectivity index (χ0n) is 11.4. The van der Waals surface area contributed by atoms with Gasteiger partial charge < -0.3 is 10.2 Å². The molecule has 0 aliphatic heterocycles. The fourth-order valence-electron chi connectivity index (χ4n) is 2.37. The van der Waals surface area contributed by atoms with Crippen molar-refractivity contribution in [3.63, 3.8) is 0 Å². The van der Waals surface area contributed by atoms with Crippen LogP contribution in [-0.4, -0.2) is 4.98 Å². The number of hydrogen-bond acceptors (Lipinski definition) is 3. The number of aryl methyl sites for hydroxylation is 2. The zero-order chi connectivity index (χ0) is 14.3. The van der Waals surface area contributed by atoms with Crippen LogP contribution in [0.4, 0.5) is 4.39 Å². The Morgan fingerprint density at radius 2 is 1.95 bits per heavy atom. The number of rotatable bonds is 2. The molecule has 2 N–H and O–H groups in total. The van der Waals surface area contributed by atoms with Crippen LogP contribution in [0.25, 0.3) is 11.0 Å². The summed E-state index contributed by atoms with van der Waals surface area (Å²) in [5.74, 6) is 0.325. The zero-order valence-corrected chi connectivity index (χ0v) is 11.4. The Morgan fingerprint density at radius 3 is 2.70 bits per heavy atom. The molecule has 102 valence electrons. The molecule has 1 atom stereocenters. The van der Waals surface area contributed by atoms with Crippen LogP contribution >= 0.6 is 0 Å². The average molecular weight is 270 g/mol. The molecule has 20 heavy (non-hydrogen) atoms. The Bertz CT molecular complexity index is 779. The predicted molar refractivity (Wildman–Crippen MR) is 75.9 cm³/mol. The quantitative estimate of drug-likeness (QED) is 0.773. The standard InChI is InChI=1S/C16H15FN2O/c1-9-3-5-13(10(2)19-9)16(18)15-8-11-7-12(17)4-6-14(11)20-15/h3-8,16H,18H2,1-2H3. The molecule has 3 nitrogen and oxygen atoms in total. The number of nitrogens with zero attached hydrogens (tertiary/aromatic N) is 1. The molecule has 4 heteroatoms. The van der Waals surface area contributed by atoms with Gasteiger partial charge in [-0.2, -0.15) is 0 Å². The van der Waals surface area contributed by atoms with Gasteiger partial charge in [-0.1, -0.05) is 6.07 Å². The molecule has 1 aromatic carbocycles. The van der Waals surface area contributed by atoms with Gasteiger partial charge in [0.15, 0.2) is 0 Å². The minimum absolute atomic E-state index is 0.286. The first kappa shape index (κ1) is 12.8. The lowest BCUT2D eigenvalue weighted by Gasteiger charge is -2.12. The third-order valence-corrected chi connectivity index (χ3v) is 3.40. The second kappa shape index (κ2) is 4.72. The maximum Gasteiger partial charge on any atom is 0.134 e. The van der Waals surface area contributed by atoms with Crippen molar-refractivity contribution < 1.29 is 8.81 Å². The third kappa shape index (κ3) is 2.18. The molecule has 0 radical (unpaired) electrons. The fraction of sp³-hybridized carbons (Fsp3) is 0.188. The summed E-state index contributed by atoms with van der Waals surface area (Å²) in [6.07, 6.45) is 0. The number of nitrogens with two attached hydrogens (primary N) is 1. The van der Waals surface area contributed by atoms with Crippen LogP contribution in [0.15, 0.2) is 40.8 Å². The van der Waals surface area contributed by atoms with Crippen molar-refractivity contribution in [2.75, 3.05) is 0 Å². The van der Waals surface area contributed by atoms with Gasteiger partial charge in [0.05, 0.1) is 6.04 Å². The molecule has 1 unspecified atom stereocenters. The molecule has 0 aliphatic rings. The first-order valence-corrected chi connectivity index (χ1v) is 6.43. The Kier molecular flexibility index (Phi) is 3.03. The molecular weight excluding hydrogens is 255 g/mol. The minimum atomic E-state index is -0.404. The lowest BCUT2D eigenvalue weighted by atomic mass is 10.0. The number of fused-ring (bicyclic) bond motifs is 1. The van der Waals surface area contributed by atoms with E-state index in [9.17, 15) is 4.39 Å². The molecule has 3 aromatic rings. The Morgan fingerprint density at radius 1 is 1.15 bits per heavy atom. The molecular formula is C16H15FN2O. The van der Waals surface area contributed by atoms with Crippen molar-refractivity contribution >= 4 is 11.0 Å². The average Bonchev–Trinajstić information content (AvgIpc) is 2.81. The van der Waals surface area contributed by atoms with Gasteiger partial charge in [0.25, 0.3) is 0 Å². The van der Waals surface area contributed by atoms with Crippen LogP contribution in [-0.2, 0) is 0 Å². The molecule has 0 fully saturated rings. The highest BCUT2D eigenvalue weighted by molar-refractivity contribution is 5.78. The van der Waals surface area contributed by atoms with E-state index < -0.39 is 6.04 Å². The van der Waals surface area contributed by atoms with Gasteiger partial charge >= 0.3 is 0 Å². The number of pyridine rings is 1. The van der Waals surface area contributed by atoms with E-state index >= 15 is 0 Å². The summed E-state index contributed by atoms with van der Waals surface area (Å²) in [4.78, 5) is 4.41. The number of hydrogen-bond donors (Lipinski definition) is 1. The number of halogens is 1. The number of aromatic nitrogens is 1. The lowest BCUT2D eigenvalue weighted by Crippen LogP contribution is -2.13. The molecule has 0 aliphatic carbocycles. The largest absolute Gasteiger partial charge is 0.459 e. The van der Waals surface area contributed by atoms with Crippen LogP contribution in [0.3, 0.4) is 0 Å². The molecule has 0 saturated carbocycles. The third-order valence-electron chi connectivity index (χ3n) is 3.40. The molecule has 2 aromatic heterocycles. The van der Waals surface area contributed by atoms with Crippen molar-refractivity contribution in [3.05, 3.63) is 64.9 Å². The normalized spacial score (nSPS) is 12.8. The summed E-state index contributed by atoms with van der Waals surface area (Å²) >= 11 is 0. The molecule has 0 amide bonds. The maximum absolute atomic E-state index is 13.2. The number of furan rings is 1. The SMILES string of the molecule is Cc1ccc(C(N)c2cc3cc(F)ccc3o2)c(C)n1. The van der Waals surface area contributed by atoms with E-state index in [1.807, 2.05) is 26.0 Å². The summed E-state index contributed by atoms with van der Waals surface area (Å²) in [6, 6.07) is 9.68. The van der Waals surface area contributed by atoms with Gasteiger partial charge in [-0.3, -0.25) is 4.98 Å². The van der Waals surface area contributed by atoms with E-state index in [1.54, 1.807) is 12.1 Å². The second-order valence-electron chi connectivity index (χ2n) is 4.94. The minimum Gasteiger partial charge on any atom is -0.459 e. The van der Waals surface area contributed by atoms with E-state index in [0.29, 0.717) is 16.7 Å². The van der Waals surface area contributed by atoms with Gasteiger partial charge in [0.2, 0.25) is 0 Å². The van der Waals surface area contributed by atoms with Crippen LogP contribution in [0, 0.1) is 19.7 Å². The summed E-state index contributed by atoms with van der Waals surface area (Å²) in [5, 5.41) is 0.716. The van der Waals surface area contributed by atoms with Gasteiger partial charge in [-0.25, -0.2) is 4.39 Å². The van der Waals surface area contributed by atoms with Gasteiger partial charge in [0, 0.05) is 16.8 Å². The Balaban J connectivity index is 2.05. The highest BCUT2D eigenvalue weighted by Gasteiger charge is 2.17. The van der Waals surface area contributed by atoms with Crippen molar-refractivity contribution in [3.8, 4) is 0 Å². The van der Waals surface area contributed by atoms with E-state index in [0.717, 1.165) is 17.0 Å². The number of benzene rings is 1. The smallest absolute Gasteiger partial charge is 0.134 e. The highest BCUT2D eigenvalue weighted by Crippen LogP contribution is 2.28. The van der Waals surface area contributed by atoms with Crippen LogP contribution in [0.2, 0.25) is 0 Å². The molecule has 0 saturated heterocycles. The van der Waals surface area contributed by atoms with Crippen molar-refractivity contribution in [1.82, 2.24) is 4.98 Å². The molecule has 2 heterocycles. The van der Waals surface area contributed by atoms with Crippen molar-refractivity contribution in [2.24, 2.45) is 5.73 Å². The van der Waals surface area contributed by atoms with E-state index in [4.69, 9.17) is 10.2 Å². The second-order valence-corrected chi connectivity index (χ2v) is 4.94. The fourth-order valence-corrected chi connectivity index (χ4v) is 2.37. The Labute approximate surface area is 116 Å². The van der Waals surface area contributed by atoms with Crippen LogP contribution in [0.5, 0.6) is 0 Å². The first-order valence-electron chi connectivity index (χ1n) is 6.43. The van der Waals surface area contributed by atoms with Gasteiger partial charge in [-0.15, -0.1) is 0 Å².